The van der Waals surface area contributed by atoms with Crippen molar-refractivity contribution in [2.75, 3.05) is 13.1 Å². The van der Waals surface area contributed by atoms with Crippen LogP contribution in [0.4, 0.5) is 0 Å². The van der Waals surface area contributed by atoms with E-state index >= 15 is 0 Å². The van der Waals surface area contributed by atoms with Crippen LogP contribution in [0.1, 0.15) is 39.5 Å². The zero-order chi connectivity index (χ0) is 9.52. The van der Waals surface area contributed by atoms with Gasteiger partial charge in [0.1, 0.15) is 0 Å². The van der Waals surface area contributed by atoms with Gasteiger partial charge < -0.3 is 5.32 Å². The van der Waals surface area contributed by atoms with Crippen LogP contribution in [0.25, 0.3) is 0 Å². The molecule has 0 aromatic heterocycles. The van der Waals surface area contributed by atoms with Gasteiger partial charge in [0.05, 0.1) is 0 Å². The summed E-state index contributed by atoms with van der Waals surface area (Å²) in [6, 6.07) is 0. The molecule has 0 spiro atoms. The first-order chi connectivity index (χ1) is 6.34. The van der Waals surface area contributed by atoms with Crippen LogP contribution in [0.5, 0.6) is 0 Å². The maximum absolute atomic E-state index is 3.50. The molecular weight excluding hydrogens is 158 g/mol. The fraction of sp³-hybridized carbons (Fsp3) is 0.833. The first kappa shape index (κ1) is 10.8. The number of hydrogen-bond donors (Lipinski definition) is 1. The van der Waals surface area contributed by atoms with Gasteiger partial charge >= 0.3 is 0 Å². The number of hydrogen-bond acceptors (Lipinski definition) is 1. The predicted molar refractivity (Wildman–Crippen MR) is 58.8 cm³/mol. The molecule has 0 aliphatic heterocycles. The molecule has 1 saturated carbocycles. The van der Waals surface area contributed by atoms with Gasteiger partial charge in [0, 0.05) is 6.54 Å². The number of allylic oxidation sites excluding steroid dienone is 1. The fourth-order valence-electron chi connectivity index (χ4n) is 2.17. The van der Waals surface area contributed by atoms with Crippen molar-refractivity contribution < 1.29 is 0 Å². The van der Waals surface area contributed by atoms with E-state index in [4.69, 9.17) is 0 Å². The third-order valence-corrected chi connectivity index (χ3v) is 3.19. The largest absolute Gasteiger partial charge is 0.313 e. The second-order valence-electron chi connectivity index (χ2n) is 4.25. The Balaban J connectivity index is 2.11. The Labute approximate surface area is 82.6 Å². The van der Waals surface area contributed by atoms with Gasteiger partial charge in [-0.15, -0.1) is 0 Å². The van der Waals surface area contributed by atoms with Crippen LogP contribution in [0.15, 0.2) is 12.2 Å². The van der Waals surface area contributed by atoms with E-state index in [0.29, 0.717) is 0 Å². The van der Waals surface area contributed by atoms with Gasteiger partial charge in [0.15, 0.2) is 0 Å². The smallest absolute Gasteiger partial charge is 0.0134 e. The minimum atomic E-state index is 0.930. The van der Waals surface area contributed by atoms with Gasteiger partial charge in [-0.25, -0.2) is 0 Å². The second-order valence-corrected chi connectivity index (χ2v) is 4.25. The molecule has 0 amide bonds. The Hall–Kier alpha value is -0.300. The van der Waals surface area contributed by atoms with Crippen molar-refractivity contribution in [2.24, 2.45) is 11.8 Å². The van der Waals surface area contributed by atoms with E-state index in [9.17, 15) is 0 Å². The molecule has 76 valence electrons. The standard InChI is InChI=1S/C12H23N/c1-3-4-9-13-10-12-8-6-5-7-11(12)2/h3-4,11-13H,5-10H2,1-2H3/b4-3+. The molecule has 2 atom stereocenters. The molecule has 1 N–H and O–H groups in total. The highest BCUT2D eigenvalue weighted by Crippen LogP contribution is 2.28. The normalized spacial score (nSPS) is 29.7. The summed E-state index contributed by atoms with van der Waals surface area (Å²) in [4.78, 5) is 0. The maximum Gasteiger partial charge on any atom is 0.0134 e. The van der Waals surface area contributed by atoms with Crippen molar-refractivity contribution in [3.63, 3.8) is 0 Å². The molecule has 0 radical (unpaired) electrons. The lowest BCUT2D eigenvalue weighted by atomic mass is 9.80. The lowest BCUT2D eigenvalue weighted by molar-refractivity contribution is 0.250. The molecule has 0 aromatic rings. The van der Waals surface area contributed by atoms with Crippen molar-refractivity contribution in [1.29, 1.82) is 0 Å². The predicted octanol–water partition coefficient (Wildman–Crippen LogP) is 2.98. The first-order valence-electron chi connectivity index (χ1n) is 5.66. The summed E-state index contributed by atoms with van der Waals surface area (Å²) < 4.78 is 0. The summed E-state index contributed by atoms with van der Waals surface area (Å²) in [5, 5.41) is 3.50. The van der Waals surface area contributed by atoms with Crippen LogP contribution in [0.3, 0.4) is 0 Å². The molecule has 1 rings (SSSR count). The first-order valence-corrected chi connectivity index (χ1v) is 5.66. The molecule has 1 fully saturated rings. The summed E-state index contributed by atoms with van der Waals surface area (Å²) >= 11 is 0. The Morgan fingerprint density at radius 1 is 1.31 bits per heavy atom. The van der Waals surface area contributed by atoms with Crippen LogP contribution in [0.2, 0.25) is 0 Å². The van der Waals surface area contributed by atoms with Crippen LogP contribution < -0.4 is 5.32 Å². The van der Waals surface area contributed by atoms with E-state index in [1.807, 2.05) is 0 Å². The number of nitrogens with one attached hydrogen (secondary N) is 1. The Kier molecular flexibility index (Phi) is 5.14. The zero-order valence-electron chi connectivity index (χ0n) is 9.05. The van der Waals surface area contributed by atoms with Gasteiger partial charge in [-0.05, 0) is 31.7 Å². The van der Waals surface area contributed by atoms with Crippen LogP contribution in [-0.2, 0) is 0 Å². The van der Waals surface area contributed by atoms with Gasteiger partial charge in [-0.3, -0.25) is 0 Å². The molecule has 1 nitrogen and oxygen atoms in total. The highest BCUT2D eigenvalue weighted by Gasteiger charge is 2.20. The van der Waals surface area contributed by atoms with Gasteiger partial charge in [0.25, 0.3) is 0 Å². The molecule has 2 unspecified atom stereocenters. The summed E-state index contributed by atoms with van der Waals surface area (Å²) in [6.07, 6.45) is 10.1. The zero-order valence-corrected chi connectivity index (χ0v) is 9.05. The topological polar surface area (TPSA) is 12.0 Å². The molecule has 0 bridgehead atoms. The third-order valence-electron chi connectivity index (χ3n) is 3.19. The summed E-state index contributed by atoms with van der Waals surface area (Å²) in [5.74, 6) is 1.87. The lowest BCUT2D eigenvalue weighted by Gasteiger charge is -2.28. The Morgan fingerprint density at radius 2 is 2.08 bits per heavy atom. The Bertz CT molecular complexity index is 151. The summed E-state index contributed by atoms with van der Waals surface area (Å²) in [7, 11) is 0. The third kappa shape index (κ3) is 3.95. The Morgan fingerprint density at radius 3 is 2.77 bits per heavy atom. The molecule has 1 aliphatic carbocycles. The van der Waals surface area contributed by atoms with Crippen molar-refractivity contribution in [1.82, 2.24) is 5.32 Å². The van der Waals surface area contributed by atoms with E-state index in [1.54, 1.807) is 0 Å². The van der Waals surface area contributed by atoms with Crippen LogP contribution in [-0.4, -0.2) is 13.1 Å². The quantitative estimate of drug-likeness (QED) is 0.519. The average molecular weight is 181 g/mol. The van der Waals surface area contributed by atoms with Crippen LogP contribution in [0, 0.1) is 11.8 Å². The number of rotatable bonds is 4. The monoisotopic (exact) mass is 181 g/mol. The van der Waals surface area contributed by atoms with E-state index < -0.39 is 0 Å². The van der Waals surface area contributed by atoms with Gasteiger partial charge in [0.2, 0.25) is 0 Å². The van der Waals surface area contributed by atoms with E-state index in [2.05, 4.69) is 31.3 Å². The van der Waals surface area contributed by atoms with Gasteiger partial charge in [-0.2, -0.15) is 0 Å². The molecule has 1 heteroatoms. The minimum Gasteiger partial charge on any atom is -0.313 e. The van der Waals surface area contributed by atoms with Crippen molar-refractivity contribution in [3.05, 3.63) is 12.2 Å². The highest BCUT2D eigenvalue weighted by atomic mass is 14.8. The summed E-state index contributed by atoms with van der Waals surface area (Å²) in [5.41, 5.74) is 0. The highest BCUT2D eigenvalue weighted by molar-refractivity contribution is 4.81. The fourth-order valence-corrected chi connectivity index (χ4v) is 2.17. The second kappa shape index (κ2) is 6.20. The lowest BCUT2D eigenvalue weighted by Crippen LogP contribution is -2.29. The summed E-state index contributed by atoms with van der Waals surface area (Å²) in [6.45, 7) is 6.73. The molecule has 13 heavy (non-hydrogen) atoms. The SMILES string of the molecule is C/C=C/CNCC1CCCCC1C. The van der Waals surface area contributed by atoms with Crippen molar-refractivity contribution in [3.8, 4) is 0 Å². The molecule has 0 heterocycles. The van der Waals surface area contributed by atoms with E-state index in [0.717, 1.165) is 18.4 Å². The molecule has 0 saturated heterocycles. The van der Waals surface area contributed by atoms with E-state index in [-0.39, 0.29) is 0 Å². The molecule has 0 aromatic carbocycles. The van der Waals surface area contributed by atoms with Gasteiger partial charge in [-0.1, -0.05) is 38.3 Å². The van der Waals surface area contributed by atoms with Crippen molar-refractivity contribution >= 4 is 0 Å². The van der Waals surface area contributed by atoms with E-state index in [1.165, 1.54) is 32.2 Å². The molecule has 1 aliphatic rings. The molecular formula is C12H23N. The van der Waals surface area contributed by atoms with Crippen LogP contribution >= 0.6 is 0 Å². The van der Waals surface area contributed by atoms with Crippen molar-refractivity contribution in [2.45, 2.75) is 39.5 Å². The average Bonchev–Trinajstić information content (AvgIpc) is 2.15. The minimum absolute atomic E-state index is 0.930. The maximum atomic E-state index is 3.50.